The molecular formula is C6H6O2. The fourth-order valence-corrected chi connectivity index (χ4v) is 1.57. The van der Waals surface area contributed by atoms with E-state index in [0.29, 0.717) is 6.10 Å². The Morgan fingerprint density at radius 2 is 2.75 bits per heavy atom. The normalized spacial score (nSPS) is 55.0. The van der Waals surface area contributed by atoms with Crippen molar-refractivity contribution in [2.24, 2.45) is 0 Å². The third-order valence-electron chi connectivity index (χ3n) is 2.11. The second-order valence-corrected chi connectivity index (χ2v) is 2.68. The van der Waals surface area contributed by atoms with E-state index in [9.17, 15) is 0 Å². The average Bonchev–Trinajstić information content (AvgIpc) is 2.13. The largest absolute Gasteiger partial charge is 0.477 e. The molecule has 0 aromatic heterocycles. The van der Waals surface area contributed by atoms with E-state index in [-0.39, 0.29) is 5.60 Å². The predicted octanol–water partition coefficient (Wildman–Crippen LogP) is 0.442. The van der Waals surface area contributed by atoms with Crippen molar-refractivity contribution in [2.75, 3.05) is 6.61 Å². The van der Waals surface area contributed by atoms with Gasteiger partial charge >= 0.3 is 0 Å². The van der Waals surface area contributed by atoms with Gasteiger partial charge in [-0.2, -0.15) is 0 Å². The highest BCUT2D eigenvalue weighted by atomic mass is 16.6. The van der Waals surface area contributed by atoms with Crippen molar-refractivity contribution < 1.29 is 9.47 Å². The Morgan fingerprint density at radius 3 is 3.12 bits per heavy atom. The first-order chi connectivity index (χ1) is 3.89. The van der Waals surface area contributed by atoms with Crippen LogP contribution in [0.2, 0.25) is 0 Å². The molecule has 0 amide bonds. The highest BCUT2D eigenvalue weighted by molar-refractivity contribution is 5.36. The SMILES string of the molecule is C1=C2OC23COC1C3. The van der Waals surface area contributed by atoms with Gasteiger partial charge in [0.05, 0.1) is 12.7 Å². The first-order valence-electron chi connectivity index (χ1n) is 2.92. The molecule has 0 saturated carbocycles. The molecule has 2 saturated heterocycles. The fraction of sp³-hybridized carbons (Fsp3) is 0.667. The van der Waals surface area contributed by atoms with E-state index in [1.54, 1.807) is 0 Å². The van der Waals surface area contributed by atoms with Crippen LogP contribution in [0.5, 0.6) is 0 Å². The van der Waals surface area contributed by atoms with E-state index in [4.69, 9.17) is 9.47 Å². The summed E-state index contributed by atoms with van der Waals surface area (Å²) in [6.45, 7) is 0.809. The molecule has 1 spiro atoms. The topological polar surface area (TPSA) is 21.8 Å². The molecule has 1 aliphatic carbocycles. The quantitative estimate of drug-likeness (QED) is 0.422. The zero-order valence-corrected chi connectivity index (χ0v) is 4.39. The molecule has 42 valence electrons. The molecule has 0 aromatic carbocycles. The molecule has 2 atom stereocenters. The first kappa shape index (κ1) is 3.51. The van der Waals surface area contributed by atoms with Gasteiger partial charge in [-0.25, -0.2) is 0 Å². The van der Waals surface area contributed by atoms with Gasteiger partial charge < -0.3 is 9.47 Å². The van der Waals surface area contributed by atoms with Crippen LogP contribution in [0.15, 0.2) is 11.8 Å². The van der Waals surface area contributed by atoms with E-state index < -0.39 is 0 Å². The molecule has 2 fully saturated rings. The highest BCUT2D eigenvalue weighted by Crippen LogP contribution is 2.55. The molecule has 2 aliphatic heterocycles. The van der Waals surface area contributed by atoms with Crippen LogP contribution in [0.1, 0.15) is 6.42 Å². The predicted molar refractivity (Wildman–Crippen MR) is 26.3 cm³/mol. The second-order valence-electron chi connectivity index (χ2n) is 2.68. The summed E-state index contributed by atoms with van der Waals surface area (Å²) in [5.41, 5.74) is 0.116. The van der Waals surface area contributed by atoms with E-state index in [1.165, 1.54) is 5.76 Å². The molecule has 2 heterocycles. The molecule has 3 rings (SSSR count). The van der Waals surface area contributed by atoms with Crippen molar-refractivity contribution in [3.05, 3.63) is 11.8 Å². The van der Waals surface area contributed by atoms with Gasteiger partial charge in [-0.05, 0) is 6.08 Å². The highest BCUT2D eigenvalue weighted by Gasteiger charge is 2.63. The summed E-state index contributed by atoms with van der Waals surface area (Å²) >= 11 is 0. The number of rotatable bonds is 0. The van der Waals surface area contributed by atoms with Gasteiger partial charge in [0.1, 0.15) is 5.76 Å². The van der Waals surface area contributed by atoms with Crippen LogP contribution in [0.25, 0.3) is 0 Å². The Bertz CT molecular complexity index is 185. The lowest BCUT2D eigenvalue weighted by Gasteiger charge is -1.96. The number of epoxide rings is 1. The molecule has 2 bridgehead atoms. The van der Waals surface area contributed by atoms with Crippen molar-refractivity contribution in [3.8, 4) is 0 Å². The summed E-state index contributed by atoms with van der Waals surface area (Å²) in [6, 6.07) is 0. The number of ether oxygens (including phenoxy) is 2. The van der Waals surface area contributed by atoms with Crippen molar-refractivity contribution in [2.45, 2.75) is 18.1 Å². The summed E-state index contributed by atoms with van der Waals surface area (Å²) < 4.78 is 10.6. The fourth-order valence-electron chi connectivity index (χ4n) is 1.57. The van der Waals surface area contributed by atoms with E-state index >= 15 is 0 Å². The van der Waals surface area contributed by atoms with Crippen LogP contribution in [-0.4, -0.2) is 18.3 Å². The first-order valence-corrected chi connectivity index (χ1v) is 2.92. The molecule has 0 radical (unpaired) electrons. The number of hydrogen-bond acceptors (Lipinski definition) is 2. The molecule has 2 unspecified atom stereocenters. The van der Waals surface area contributed by atoms with Gasteiger partial charge in [-0.1, -0.05) is 0 Å². The lowest BCUT2D eigenvalue weighted by atomic mass is 10.1. The minimum atomic E-state index is 0.116. The van der Waals surface area contributed by atoms with Crippen LogP contribution >= 0.6 is 0 Å². The Kier molecular flexibility index (Phi) is 0.317. The molecule has 0 aromatic rings. The van der Waals surface area contributed by atoms with Crippen LogP contribution < -0.4 is 0 Å². The molecule has 3 aliphatic rings. The summed E-state index contributed by atoms with van der Waals surface area (Å²) in [4.78, 5) is 0. The van der Waals surface area contributed by atoms with Crippen molar-refractivity contribution in [1.82, 2.24) is 0 Å². The smallest absolute Gasteiger partial charge is 0.191 e. The molecule has 8 heavy (non-hydrogen) atoms. The van der Waals surface area contributed by atoms with E-state index in [0.717, 1.165) is 13.0 Å². The lowest BCUT2D eigenvalue weighted by Crippen LogP contribution is -2.06. The van der Waals surface area contributed by atoms with Crippen LogP contribution in [-0.2, 0) is 9.47 Å². The van der Waals surface area contributed by atoms with Crippen molar-refractivity contribution >= 4 is 0 Å². The zero-order chi connectivity index (χ0) is 5.19. The van der Waals surface area contributed by atoms with Gasteiger partial charge in [-0.15, -0.1) is 0 Å². The maximum Gasteiger partial charge on any atom is 0.191 e. The monoisotopic (exact) mass is 110 g/mol. The Morgan fingerprint density at radius 1 is 1.75 bits per heavy atom. The molecule has 2 heteroatoms. The van der Waals surface area contributed by atoms with Gasteiger partial charge in [0.25, 0.3) is 0 Å². The third kappa shape index (κ3) is 0.202. The maximum atomic E-state index is 5.30. The van der Waals surface area contributed by atoms with Gasteiger partial charge in [0, 0.05) is 6.42 Å². The minimum Gasteiger partial charge on any atom is -0.477 e. The van der Waals surface area contributed by atoms with Crippen molar-refractivity contribution in [1.29, 1.82) is 0 Å². The van der Waals surface area contributed by atoms with Crippen LogP contribution in [0.4, 0.5) is 0 Å². The lowest BCUT2D eigenvalue weighted by molar-refractivity contribution is 0.132. The van der Waals surface area contributed by atoms with Crippen molar-refractivity contribution in [3.63, 3.8) is 0 Å². The summed E-state index contributed by atoms with van der Waals surface area (Å²) in [5, 5.41) is 0. The second kappa shape index (κ2) is 0.722. The van der Waals surface area contributed by atoms with Gasteiger partial charge in [0.2, 0.25) is 0 Å². The van der Waals surface area contributed by atoms with Gasteiger partial charge in [-0.3, -0.25) is 0 Å². The summed E-state index contributed by atoms with van der Waals surface area (Å²) in [7, 11) is 0. The molecule has 0 N–H and O–H groups in total. The average molecular weight is 110 g/mol. The number of fused-ring (bicyclic) bond motifs is 1. The zero-order valence-electron chi connectivity index (χ0n) is 4.39. The summed E-state index contributed by atoms with van der Waals surface area (Å²) in [5.74, 6) is 1.19. The Balaban J connectivity index is 2.23. The number of hydrogen-bond donors (Lipinski definition) is 0. The van der Waals surface area contributed by atoms with E-state index in [1.807, 2.05) is 0 Å². The van der Waals surface area contributed by atoms with Crippen LogP contribution in [0.3, 0.4) is 0 Å². The molecular weight excluding hydrogens is 104 g/mol. The Labute approximate surface area is 47.1 Å². The maximum absolute atomic E-state index is 5.30. The molecule has 2 nitrogen and oxygen atoms in total. The van der Waals surface area contributed by atoms with Gasteiger partial charge in [0.15, 0.2) is 5.60 Å². The van der Waals surface area contributed by atoms with E-state index in [2.05, 4.69) is 6.08 Å². The Hall–Kier alpha value is -0.500. The minimum absolute atomic E-state index is 0.116. The van der Waals surface area contributed by atoms with Crippen LogP contribution in [0, 0.1) is 0 Å². The third-order valence-corrected chi connectivity index (χ3v) is 2.11. The summed E-state index contributed by atoms with van der Waals surface area (Å²) in [6.07, 6.45) is 3.57. The standard InChI is InChI=1S/C6H6O2/c1-4-2-6(3-7-4)5(1)8-6/h1,4H,2-3H2.